The highest BCUT2D eigenvalue weighted by atomic mass is 79.9. The molecule has 0 aliphatic heterocycles. The molecule has 0 atom stereocenters. The Labute approximate surface area is 243 Å². The van der Waals surface area contributed by atoms with Crippen LogP contribution in [0, 0.1) is 18.8 Å². The molecule has 7 nitrogen and oxygen atoms in total. The number of guanidine groups is 1. The van der Waals surface area contributed by atoms with Gasteiger partial charge in [-0.1, -0.05) is 48.0 Å². The number of aliphatic imine (C=N–C) groups is 1. The Kier molecular flexibility index (Phi) is 10.9. The Bertz CT molecular complexity index is 1300. The third-order valence-corrected chi connectivity index (χ3v) is 7.42. The van der Waals surface area contributed by atoms with Gasteiger partial charge in [0.05, 0.1) is 16.0 Å². The van der Waals surface area contributed by atoms with E-state index in [4.69, 9.17) is 20.9 Å². The molecule has 0 saturated heterocycles. The van der Waals surface area contributed by atoms with Crippen LogP contribution < -0.4 is 16.2 Å². The van der Waals surface area contributed by atoms with Gasteiger partial charge in [-0.05, 0) is 95.4 Å². The Morgan fingerprint density at radius 2 is 1.56 bits per heavy atom. The molecule has 3 aromatic rings. The predicted octanol–water partition coefficient (Wildman–Crippen LogP) is 6.19. The average molecular weight is 615 g/mol. The number of nitrogens with two attached hydrogens (primary N) is 2. The highest BCUT2D eigenvalue weighted by molar-refractivity contribution is 9.10. The van der Waals surface area contributed by atoms with Crippen molar-refractivity contribution in [2.75, 3.05) is 6.54 Å². The number of benzene rings is 3. The van der Waals surface area contributed by atoms with Crippen molar-refractivity contribution >= 4 is 46.2 Å². The van der Waals surface area contributed by atoms with E-state index < -0.39 is 0 Å². The molecule has 0 radical (unpaired) electrons. The van der Waals surface area contributed by atoms with Gasteiger partial charge in [0.1, 0.15) is 12.4 Å². The van der Waals surface area contributed by atoms with E-state index in [0.29, 0.717) is 28.2 Å². The molecule has 0 aromatic heterocycles. The van der Waals surface area contributed by atoms with Crippen molar-refractivity contribution in [3.8, 4) is 16.9 Å². The monoisotopic (exact) mass is 613 g/mol. The topological polar surface area (TPSA) is 117 Å². The first-order valence-corrected chi connectivity index (χ1v) is 13.5. The van der Waals surface area contributed by atoms with E-state index in [-0.39, 0.29) is 42.8 Å². The molecule has 1 aliphatic rings. The SMILES string of the molecule is Cc1ccc(COC(=O)c2ccc(-c3ccc(OC(=O)C4CCC(CN=C(N)N)CC4)c(Br)c3)cc2)cc1.Cl. The van der Waals surface area contributed by atoms with Crippen LogP contribution in [-0.2, 0) is 16.1 Å². The van der Waals surface area contributed by atoms with E-state index in [1.54, 1.807) is 18.2 Å². The van der Waals surface area contributed by atoms with Crippen LogP contribution in [0.15, 0.2) is 76.2 Å². The molecule has 0 amide bonds. The molecule has 1 saturated carbocycles. The quantitative estimate of drug-likeness (QED) is 0.135. The fourth-order valence-electron chi connectivity index (χ4n) is 4.49. The van der Waals surface area contributed by atoms with Crippen molar-refractivity contribution in [2.24, 2.45) is 28.3 Å². The number of hydrogen-bond acceptors (Lipinski definition) is 5. The summed E-state index contributed by atoms with van der Waals surface area (Å²) in [6.45, 7) is 2.85. The zero-order chi connectivity index (χ0) is 27.1. The second kappa shape index (κ2) is 14.1. The summed E-state index contributed by atoms with van der Waals surface area (Å²) in [5, 5.41) is 0. The number of halogens is 2. The first-order chi connectivity index (χ1) is 18.3. The Morgan fingerprint density at radius 3 is 2.18 bits per heavy atom. The maximum Gasteiger partial charge on any atom is 0.338 e. The van der Waals surface area contributed by atoms with Crippen LogP contribution in [0.5, 0.6) is 5.75 Å². The highest BCUT2D eigenvalue weighted by Gasteiger charge is 2.28. The molecule has 1 aliphatic carbocycles. The van der Waals surface area contributed by atoms with Gasteiger partial charge in [0.15, 0.2) is 5.96 Å². The van der Waals surface area contributed by atoms with Crippen molar-refractivity contribution in [3.63, 3.8) is 0 Å². The number of ether oxygens (including phenoxy) is 2. The largest absolute Gasteiger partial charge is 0.457 e. The lowest BCUT2D eigenvalue weighted by molar-refractivity contribution is -0.140. The number of esters is 2. The molecular formula is C30H33BrClN3O4. The van der Waals surface area contributed by atoms with Crippen LogP contribution in [-0.4, -0.2) is 24.4 Å². The van der Waals surface area contributed by atoms with Gasteiger partial charge in [-0.25, -0.2) is 4.79 Å². The first-order valence-electron chi connectivity index (χ1n) is 12.7. The summed E-state index contributed by atoms with van der Waals surface area (Å²) in [6.07, 6.45) is 3.32. The molecule has 0 bridgehead atoms. The summed E-state index contributed by atoms with van der Waals surface area (Å²) in [5.41, 5.74) is 15.3. The normalized spacial score (nSPS) is 16.5. The summed E-state index contributed by atoms with van der Waals surface area (Å²) >= 11 is 3.54. The van der Waals surface area contributed by atoms with Gasteiger partial charge in [0.25, 0.3) is 0 Å². The van der Waals surface area contributed by atoms with Crippen molar-refractivity contribution in [1.82, 2.24) is 0 Å². The molecule has 206 valence electrons. The number of hydrogen-bond donors (Lipinski definition) is 2. The number of nitrogens with zero attached hydrogens (tertiary/aromatic N) is 1. The zero-order valence-electron chi connectivity index (χ0n) is 21.8. The van der Waals surface area contributed by atoms with Gasteiger partial charge in [-0.2, -0.15) is 0 Å². The van der Waals surface area contributed by atoms with E-state index >= 15 is 0 Å². The molecule has 9 heteroatoms. The highest BCUT2D eigenvalue weighted by Crippen LogP contribution is 2.34. The van der Waals surface area contributed by atoms with Crippen molar-refractivity contribution < 1.29 is 19.1 Å². The van der Waals surface area contributed by atoms with Crippen LogP contribution in [0.3, 0.4) is 0 Å². The Hall–Kier alpha value is -3.36. The average Bonchev–Trinajstić information content (AvgIpc) is 2.93. The van der Waals surface area contributed by atoms with E-state index in [0.717, 1.165) is 47.9 Å². The van der Waals surface area contributed by atoms with E-state index in [2.05, 4.69) is 20.9 Å². The third-order valence-electron chi connectivity index (χ3n) is 6.80. The van der Waals surface area contributed by atoms with Crippen molar-refractivity contribution in [1.29, 1.82) is 0 Å². The van der Waals surface area contributed by atoms with E-state index in [1.165, 1.54) is 0 Å². The smallest absolute Gasteiger partial charge is 0.338 e. The first kappa shape index (κ1) is 30.2. The zero-order valence-corrected chi connectivity index (χ0v) is 24.2. The molecule has 4 N–H and O–H groups in total. The molecular weight excluding hydrogens is 582 g/mol. The van der Waals surface area contributed by atoms with Gasteiger partial charge < -0.3 is 20.9 Å². The summed E-state index contributed by atoms with van der Waals surface area (Å²) in [4.78, 5) is 29.3. The Balaban J connectivity index is 0.00000420. The van der Waals surface area contributed by atoms with Crippen LogP contribution in [0.1, 0.15) is 47.2 Å². The standard InChI is InChI=1S/C30H32BrN3O4.ClH/c1-19-2-4-21(5-3-19)18-37-28(35)23-12-10-22(11-13-23)25-14-15-27(26(31)16-25)38-29(36)24-8-6-20(7-9-24)17-34-30(32)33;/h2-5,10-16,20,24H,6-9,17-18H2,1H3,(H4,32,33,34);1H. The van der Waals surface area contributed by atoms with Crippen LogP contribution in [0.2, 0.25) is 0 Å². The van der Waals surface area contributed by atoms with Crippen molar-refractivity contribution in [2.45, 2.75) is 39.2 Å². The lowest BCUT2D eigenvalue weighted by atomic mass is 9.82. The third kappa shape index (κ3) is 8.57. The maximum absolute atomic E-state index is 12.8. The van der Waals surface area contributed by atoms with Crippen molar-refractivity contribution in [3.05, 3.63) is 87.9 Å². The molecule has 0 heterocycles. The predicted molar refractivity (Wildman–Crippen MR) is 159 cm³/mol. The van der Waals surface area contributed by atoms with Crippen LogP contribution >= 0.6 is 28.3 Å². The lowest BCUT2D eigenvalue weighted by Crippen LogP contribution is -2.28. The maximum atomic E-state index is 12.8. The molecule has 39 heavy (non-hydrogen) atoms. The molecule has 0 spiro atoms. The summed E-state index contributed by atoms with van der Waals surface area (Å²) in [5.74, 6) is 0.270. The fourth-order valence-corrected chi connectivity index (χ4v) is 4.95. The summed E-state index contributed by atoms with van der Waals surface area (Å²) in [6, 6.07) is 20.7. The van der Waals surface area contributed by atoms with Gasteiger partial charge in [0, 0.05) is 6.54 Å². The lowest BCUT2D eigenvalue weighted by Gasteiger charge is -2.26. The fraction of sp³-hybridized carbons (Fsp3) is 0.300. The van der Waals surface area contributed by atoms with Gasteiger partial charge in [-0.3, -0.25) is 9.79 Å². The van der Waals surface area contributed by atoms with E-state index in [9.17, 15) is 9.59 Å². The summed E-state index contributed by atoms with van der Waals surface area (Å²) < 4.78 is 11.8. The number of aryl methyl sites for hydroxylation is 1. The van der Waals surface area contributed by atoms with E-state index in [1.807, 2.05) is 55.5 Å². The number of carbonyl (C=O) groups is 2. The number of rotatable bonds is 8. The van der Waals surface area contributed by atoms with Gasteiger partial charge >= 0.3 is 11.9 Å². The Morgan fingerprint density at radius 1 is 0.923 bits per heavy atom. The van der Waals surface area contributed by atoms with Crippen LogP contribution in [0.25, 0.3) is 11.1 Å². The molecule has 4 rings (SSSR count). The summed E-state index contributed by atoms with van der Waals surface area (Å²) in [7, 11) is 0. The second-order valence-electron chi connectivity index (χ2n) is 9.69. The molecule has 0 unspecified atom stereocenters. The molecule has 1 fully saturated rings. The minimum atomic E-state index is -0.370. The van der Waals surface area contributed by atoms with Crippen LogP contribution in [0.4, 0.5) is 0 Å². The minimum absolute atomic E-state index is 0. The molecule has 3 aromatic carbocycles. The van der Waals surface area contributed by atoms with Gasteiger partial charge in [-0.15, -0.1) is 12.4 Å². The minimum Gasteiger partial charge on any atom is -0.457 e. The van der Waals surface area contributed by atoms with Gasteiger partial charge in [0.2, 0.25) is 0 Å². The second-order valence-corrected chi connectivity index (χ2v) is 10.5. The number of carbonyl (C=O) groups excluding carboxylic acids is 2.